The van der Waals surface area contributed by atoms with Crippen LogP contribution < -0.4 is 9.62 Å². The highest BCUT2D eigenvalue weighted by atomic mass is 32.2. The number of nitrogens with one attached hydrogen (secondary N) is 1. The number of amides is 2. The second kappa shape index (κ2) is 13.6. The number of rotatable bonds is 12. The Kier molecular flexibility index (Phi) is 10.5. The molecule has 0 aliphatic heterocycles. The number of anilines is 1. The van der Waals surface area contributed by atoms with Crippen LogP contribution in [0.4, 0.5) is 10.1 Å². The average Bonchev–Trinajstić information content (AvgIpc) is 2.93. The number of hydrogen-bond donors (Lipinski definition) is 1. The Morgan fingerprint density at radius 2 is 1.60 bits per heavy atom. The molecule has 0 aliphatic carbocycles. The van der Waals surface area contributed by atoms with Crippen LogP contribution in [0.1, 0.15) is 43.9 Å². The van der Waals surface area contributed by atoms with Gasteiger partial charge in [0, 0.05) is 13.1 Å². The van der Waals surface area contributed by atoms with Gasteiger partial charge < -0.3 is 10.2 Å². The van der Waals surface area contributed by atoms with E-state index < -0.39 is 34.3 Å². The molecule has 0 aromatic heterocycles. The van der Waals surface area contributed by atoms with Crippen molar-refractivity contribution in [1.29, 1.82) is 0 Å². The molecule has 1 N–H and O–H groups in total. The van der Waals surface area contributed by atoms with E-state index in [0.29, 0.717) is 29.8 Å². The van der Waals surface area contributed by atoms with Crippen molar-refractivity contribution < 1.29 is 22.4 Å². The lowest BCUT2D eigenvalue weighted by Crippen LogP contribution is -2.52. The number of halogens is 1. The summed E-state index contributed by atoms with van der Waals surface area (Å²) >= 11 is 0. The number of carbonyl (C=O) groups excluding carboxylic acids is 2. The molecule has 214 valence electrons. The van der Waals surface area contributed by atoms with Gasteiger partial charge in [0.1, 0.15) is 18.4 Å². The van der Waals surface area contributed by atoms with Crippen LogP contribution in [0.3, 0.4) is 0 Å². The van der Waals surface area contributed by atoms with Gasteiger partial charge in [0.05, 0.1) is 10.6 Å². The largest absolute Gasteiger partial charge is 0.354 e. The van der Waals surface area contributed by atoms with Gasteiger partial charge in [0.25, 0.3) is 10.0 Å². The van der Waals surface area contributed by atoms with Gasteiger partial charge in [-0.15, -0.1) is 0 Å². The third kappa shape index (κ3) is 7.69. The second-order valence-electron chi connectivity index (χ2n) is 10.3. The van der Waals surface area contributed by atoms with Crippen molar-refractivity contribution in [3.63, 3.8) is 0 Å². The van der Waals surface area contributed by atoms with E-state index in [1.165, 1.54) is 29.2 Å². The Bertz CT molecular complexity index is 1410. The van der Waals surface area contributed by atoms with E-state index in [0.717, 1.165) is 9.87 Å². The van der Waals surface area contributed by atoms with E-state index in [1.54, 1.807) is 50.2 Å². The molecular weight excluding hydrogens is 529 g/mol. The third-order valence-electron chi connectivity index (χ3n) is 6.58. The maximum absolute atomic E-state index is 14.1. The summed E-state index contributed by atoms with van der Waals surface area (Å²) in [5, 5.41) is 2.90. The smallest absolute Gasteiger partial charge is 0.264 e. The van der Waals surface area contributed by atoms with Crippen LogP contribution in [0, 0.1) is 25.6 Å². The van der Waals surface area contributed by atoms with Gasteiger partial charge >= 0.3 is 0 Å². The standard InChI is InChI=1S/C31H38FN3O4S/c1-6-28(31(37)33-19-22(2)3)34(20-25-14-16-26(32)17-15-25)30(36)21-35(29-18-23(4)12-13-24(29)5)40(38,39)27-10-8-7-9-11-27/h7-18,22,28H,6,19-21H2,1-5H3,(H,33,37). The van der Waals surface area contributed by atoms with Crippen LogP contribution in [-0.4, -0.2) is 44.3 Å². The second-order valence-corrected chi connectivity index (χ2v) is 12.2. The van der Waals surface area contributed by atoms with Gasteiger partial charge in [-0.3, -0.25) is 13.9 Å². The summed E-state index contributed by atoms with van der Waals surface area (Å²) in [4.78, 5) is 28.8. The zero-order valence-corrected chi connectivity index (χ0v) is 24.5. The number of benzene rings is 3. The fraction of sp³-hybridized carbons (Fsp3) is 0.355. The summed E-state index contributed by atoms with van der Waals surface area (Å²) in [5.41, 5.74) is 2.53. The molecule has 9 heteroatoms. The maximum Gasteiger partial charge on any atom is 0.264 e. The summed E-state index contributed by atoms with van der Waals surface area (Å²) in [7, 11) is -4.14. The molecule has 0 spiro atoms. The molecule has 0 radical (unpaired) electrons. The molecule has 0 fully saturated rings. The Labute approximate surface area is 237 Å². The molecule has 1 unspecified atom stereocenters. The lowest BCUT2D eigenvalue weighted by molar-refractivity contribution is -0.140. The van der Waals surface area contributed by atoms with E-state index in [2.05, 4.69) is 5.32 Å². The Hall–Kier alpha value is -3.72. The van der Waals surface area contributed by atoms with Crippen LogP contribution in [0.5, 0.6) is 0 Å². The molecule has 2 amide bonds. The Morgan fingerprint density at radius 3 is 2.20 bits per heavy atom. The lowest BCUT2D eigenvalue weighted by atomic mass is 10.1. The Morgan fingerprint density at radius 1 is 0.950 bits per heavy atom. The van der Waals surface area contributed by atoms with Gasteiger partial charge in [0.15, 0.2) is 0 Å². The molecule has 7 nitrogen and oxygen atoms in total. The van der Waals surface area contributed by atoms with Crippen molar-refractivity contribution >= 4 is 27.5 Å². The van der Waals surface area contributed by atoms with Crippen LogP contribution in [0.25, 0.3) is 0 Å². The van der Waals surface area contributed by atoms with Crippen molar-refractivity contribution in [2.75, 3.05) is 17.4 Å². The molecule has 3 aromatic carbocycles. The van der Waals surface area contributed by atoms with Crippen molar-refractivity contribution in [3.05, 3.63) is 95.3 Å². The zero-order chi connectivity index (χ0) is 29.4. The summed E-state index contributed by atoms with van der Waals surface area (Å²) < 4.78 is 42.6. The normalized spacial score (nSPS) is 12.2. The highest BCUT2D eigenvalue weighted by Gasteiger charge is 2.34. The molecule has 0 aliphatic rings. The predicted molar refractivity (Wildman–Crippen MR) is 156 cm³/mol. The van der Waals surface area contributed by atoms with E-state index >= 15 is 0 Å². The molecule has 40 heavy (non-hydrogen) atoms. The van der Waals surface area contributed by atoms with Crippen LogP contribution in [-0.2, 0) is 26.2 Å². The molecule has 3 rings (SSSR count). The SMILES string of the molecule is CCC(C(=O)NCC(C)C)N(Cc1ccc(F)cc1)C(=O)CN(c1cc(C)ccc1C)S(=O)(=O)c1ccccc1. The molecular formula is C31H38FN3O4S. The minimum atomic E-state index is -4.14. The van der Waals surface area contributed by atoms with E-state index in [9.17, 15) is 22.4 Å². The third-order valence-corrected chi connectivity index (χ3v) is 8.35. The lowest BCUT2D eigenvalue weighted by Gasteiger charge is -2.33. The maximum atomic E-state index is 14.1. The summed E-state index contributed by atoms with van der Waals surface area (Å²) in [6.45, 7) is 9.31. The first kappa shape index (κ1) is 30.8. The van der Waals surface area contributed by atoms with Crippen molar-refractivity contribution in [2.45, 2.75) is 58.5 Å². The van der Waals surface area contributed by atoms with Crippen molar-refractivity contribution in [3.8, 4) is 0 Å². The topological polar surface area (TPSA) is 86.8 Å². The van der Waals surface area contributed by atoms with Crippen molar-refractivity contribution in [2.24, 2.45) is 5.92 Å². The van der Waals surface area contributed by atoms with Crippen LogP contribution in [0.15, 0.2) is 77.7 Å². The average molecular weight is 568 g/mol. The number of aryl methyl sites for hydroxylation is 2. The fourth-order valence-electron chi connectivity index (χ4n) is 4.35. The fourth-order valence-corrected chi connectivity index (χ4v) is 5.84. The molecule has 0 bridgehead atoms. The molecule has 0 saturated carbocycles. The van der Waals surface area contributed by atoms with Gasteiger partial charge in [-0.25, -0.2) is 12.8 Å². The van der Waals surface area contributed by atoms with E-state index in [1.807, 2.05) is 32.9 Å². The molecule has 0 heterocycles. The summed E-state index contributed by atoms with van der Waals surface area (Å²) in [5.74, 6) is -1.08. The van der Waals surface area contributed by atoms with E-state index in [-0.39, 0.29) is 23.3 Å². The Balaban J connectivity index is 2.07. The predicted octanol–water partition coefficient (Wildman–Crippen LogP) is 5.22. The van der Waals surface area contributed by atoms with E-state index in [4.69, 9.17) is 0 Å². The number of nitrogens with zero attached hydrogens (tertiary/aromatic N) is 2. The van der Waals surface area contributed by atoms with Gasteiger partial charge in [-0.1, -0.05) is 63.2 Å². The first-order valence-corrected chi connectivity index (χ1v) is 14.8. The van der Waals surface area contributed by atoms with Crippen LogP contribution >= 0.6 is 0 Å². The number of sulfonamides is 1. The van der Waals surface area contributed by atoms with Gasteiger partial charge in [-0.2, -0.15) is 0 Å². The van der Waals surface area contributed by atoms with Crippen molar-refractivity contribution in [1.82, 2.24) is 10.2 Å². The monoisotopic (exact) mass is 567 g/mol. The molecule has 0 saturated heterocycles. The number of hydrogen-bond acceptors (Lipinski definition) is 4. The number of carbonyl (C=O) groups is 2. The first-order valence-electron chi connectivity index (χ1n) is 13.4. The first-order chi connectivity index (χ1) is 18.9. The molecule has 3 aromatic rings. The minimum absolute atomic E-state index is 0.0126. The highest BCUT2D eigenvalue weighted by Crippen LogP contribution is 2.28. The molecule has 1 atom stereocenters. The highest BCUT2D eigenvalue weighted by molar-refractivity contribution is 7.92. The summed E-state index contributed by atoms with van der Waals surface area (Å²) in [6, 6.07) is 18.2. The van der Waals surface area contributed by atoms with Gasteiger partial charge in [-0.05, 0) is 73.2 Å². The summed E-state index contributed by atoms with van der Waals surface area (Å²) in [6.07, 6.45) is 0.311. The van der Waals surface area contributed by atoms with Crippen LogP contribution in [0.2, 0.25) is 0 Å². The zero-order valence-electron chi connectivity index (χ0n) is 23.7. The van der Waals surface area contributed by atoms with Gasteiger partial charge in [0.2, 0.25) is 11.8 Å². The quantitative estimate of drug-likeness (QED) is 0.325. The minimum Gasteiger partial charge on any atom is -0.354 e.